The average Bonchev–Trinajstić information content (AvgIpc) is 2.26. The number of allylic oxidation sites excluding steroid dienone is 5. The molecule has 0 spiro atoms. The number of hydrogen-bond donors (Lipinski definition) is 1. The smallest absolute Gasteiger partial charge is 0.0376 e. The third-order valence-electron chi connectivity index (χ3n) is 2.85. The van der Waals surface area contributed by atoms with Crippen LogP contribution in [0.4, 0.5) is 0 Å². The quantitative estimate of drug-likeness (QED) is 0.679. The molecule has 0 aromatic heterocycles. The Balaban J connectivity index is 2.96. The highest BCUT2D eigenvalue weighted by molar-refractivity contribution is 5.36. The molecule has 1 heterocycles. The Hall–Kier alpha value is -1.24. The van der Waals surface area contributed by atoms with E-state index in [9.17, 15) is 0 Å². The summed E-state index contributed by atoms with van der Waals surface area (Å²) in [6, 6.07) is 0. The molecule has 1 aliphatic heterocycles. The van der Waals surface area contributed by atoms with E-state index in [2.05, 4.69) is 38.4 Å². The maximum absolute atomic E-state index is 3.99. The average molecular weight is 203 g/mol. The Morgan fingerprint density at radius 2 is 2.13 bits per heavy atom. The summed E-state index contributed by atoms with van der Waals surface area (Å²) in [6.07, 6.45) is 8.48. The van der Waals surface area contributed by atoms with Crippen LogP contribution in [0.25, 0.3) is 0 Å². The van der Waals surface area contributed by atoms with Gasteiger partial charge in [0, 0.05) is 11.4 Å². The van der Waals surface area contributed by atoms with Crippen molar-refractivity contribution in [1.82, 2.24) is 5.32 Å². The first-order valence-electron chi connectivity index (χ1n) is 5.71. The maximum Gasteiger partial charge on any atom is 0.0376 e. The molecule has 0 atom stereocenters. The molecular weight excluding hydrogens is 182 g/mol. The van der Waals surface area contributed by atoms with Crippen LogP contribution in [0, 0.1) is 0 Å². The van der Waals surface area contributed by atoms with E-state index in [1.807, 2.05) is 6.08 Å². The van der Waals surface area contributed by atoms with E-state index in [4.69, 9.17) is 0 Å². The molecule has 0 saturated carbocycles. The van der Waals surface area contributed by atoms with Crippen molar-refractivity contribution in [2.24, 2.45) is 0 Å². The van der Waals surface area contributed by atoms with E-state index in [0.29, 0.717) is 0 Å². The van der Waals surface area contributed by atoms with Crippen molar-refractivity contribution in [3.63, 3.8) is 0 Å². The van der Waals surface area contributed by atoms with Gasteiger partial charge < -0.3 is 5.32 Å². The zero-order chi connectivity index (χ0) is 11.3. The van der Waals surface area contributed by atoms with Crippen LogP contribution in [0.1, 0.15) is 39.5 Å². The first kappa shape index (κ1) is 11.8. The minimum absolute atomic E-state index is 1.03. The highest BCUT2D eigenvalue weighted by Gasteiger charge is 2.11. The Morgan fingerprint density at radius 1 is 1.40 bits per heavy atom. The van der Waals surface area contributed by atoms with Crippen molar-refractivity contribution in [3.05, 3.63) is 47.9 Å². The summed E-state index contributed by atoms with van der Waals surface area (Å²) in [4.78, 5) is 0. The van der Waals surface area contributed by atoms with E-state index in [0.717, 1.165) is 31.4 Å². The van der Waals surface area contributed by atoms with Crippen LogP contribution in [-0.4, -0.2) is 0 Å². The highest BCUT2D eigenvalue weighted by Crippen LogP contribution is 2.24. The van der Waals surface area contributed by atoms with Gasteiger partial charge in [-0.25, -0.2) is 0 Å². The molecule has 1 rings (SSSR count). The van der Waals surface area contributed by atoms with E-state index < -0.39 is 0 Å². The van der Waals surface area contributed by atoms with E-state index in [-0.39, 0.29) is 0 Å². The Morgan fingerprint density at radius 3 is 2.67 bits per heavy atom. The summed E-state index contributed by atoms with van der Waals surface area (Å²) in [7, 11) is 0. The Kier molecular flexibility index (Phi) is 4.41. The van der Waals surface area contributed by atoms with E-state index in [1.165, 1.54) is 16.8 Å². The van der Waals surface area contributed by atoms with Crippen LogP contribution in [0.5, 0.6) is 0 Å². The summed E-state index contributed by atoms with van der Waals surface area (Å²) in [6.45, 7) is 12.2. The molecule has 0 radical (unpaired) electrons. The van der Waals surface area contributed by atoms with Gasteiger partial charge in [0.25, 0.3) is 0 Å². The van der Waals surface area contributed by atoms with Crippen molar-refractivity contribution >= 4 is 0 Å². The van der Waals surface area contributed by atoms with Gasteiger partial charge in [0.05, 0.1) is 0 Å². The van der Waals surface area contributed by atoms with Crippen LogP contribution in [0.3, 0.4) is 0 Å². The minimum Gasteiger partial charge on any atom is -0.359 e. The first-order valence-corrected chi connectivity index (χ1v) is 5.71. The van der Waals surface area contributed by atoms with Crippen molar-refractivity contribution in [3.8, 4) is 0 Å². The van der Waals surface area contributed by atoms with Crippen molar-refractivity contribution in [2.75, 3.05) is 0 Å². The standard InChI is InChI=1S/C14H21N/c1-5-12(6-2)10-14-13(7-3)9-8-11(4)15-14/h5,10,15H,1,4,6-9H2,2-3H3/b12-10+. The fourth-order valence-corrected chi connectivity index (χ4v) is 1.77. The zero-order valence-electron chi connectivity index (χ0n) is 9.90. The SMILES string of the molecule is C=C/C(=C\C1=C(CC)CCC(=C)N1)CC. The van der Waals surface area contributed by atoms with Gasteiger partial charge in [-0.3, -0.25) is 0 Å². The van der Waals surface area contributed by atoms with E-state index in [1.54, 1.807) is 0 Å². The van der Waals surface area contributed by atoms with Gasteiger partial charge in [-0.2, -0.15) is 0 Å². The van der Waals surface area contributed by atoms with Crippen molar-refractivity contribution in [2.45, 2.75) is 39.5 Å². The fourth-order valence-electron chi connectivity index (χ4n) is 1.77. The van der Waals surface area contributed by atoms with Gasteiger partial charge >= 0.3 is 0 Å². The second-order valence-corrected chi connectivity index (χ2v) is 3.88. The molecule has 1 nitrogen and oxygen atoms in total. The molecule has 0 unspecified atom stereocenters. The fraction of sp³-hybridized carbons (Fsp3) is 0.429. The lowest BCUT2D eigenvalue weighted by atomic mass is 9.98. The lowest BCUT2D eigenvalue weighted by Gasteiger charge is -2.22. The molecule has 15 heavy (non-hydrogen) atoms. The lowest BCUT2D eigenvalue weighted by Crippen LogP contribution is -2.18. The zero-order valence-corrected chi connectivity index (χ0v) is 9.90. The van der Waals surface area contributed by atoms with E-state index >= 15 is 0 Å². The molecule has 0 amide bonds. The molecule has 0 bridgehead atoms. The van der Waals surface area contributed by atoms with Gasteiger partial charge in [0.15, 0.2) is 0 Å². The third kappa shape index (κ3) is 3.12. The van der Waals surface area contributed by atoms with Crippen LogP contribution >= 0.6 is 0 Å². The molecule has 0 aliphatic carbocycles. The number of hydrogen-bond acceptors (Lipinski definition) is 1. The largest absolute Gasteiger partial charge is 0.359 e. The first-order chi connectivity index (χ1) is 7.21. The second-order valence-electron chi connectivity index (χ2n) is 3.88. The molecule has 1 N–H and O–H groups in total. The molecule has 0 saturated heterocycles. The van der Waals surface area contributed by atoms with Crippen molar-refractivity contribution < 1.29 is 0 Å². The molecule has 1 aliphatic rings. The highest BCUT2D eigenvalue weighted by atomic mass is 14.9. The monoisotopic (exact) mass is 203 g/mol. The van der Waals surface area contributed by atoms with Gasteiger partial charge in [-0.1, -0.05) is 33.1 Å². The molecule has 0 aromatic rings. The van der Waals surface area contributed by atoms with Gasteiger partial charge in [-0.05, 0) is 42.9 Å². The van der Waals surface area contributed by atoms with Crippen LogP contribution < -0.4 is 5.32 Å². The second kappa shape index (κ2) is 5.59. The summed E-state index contributed by atoms with van der Waals surface area (Å²) in [5.41, 5.74) is 5.14. The van der Waals surface area contributed by atoms with Crippen LogP contribution in [0.15, 0.2) is 47.9 Å². The molecular formula is C14H21N. The third-order valence-corrected chi connectivity index (χ3v) is 2.85. The summed E-state index contributed by atoms with van der Waals surface area (Å²) >= 11 is 0. The summed E-state index contributed by atoms with van der Waals surface area (Å²) < 4.78 is 0. The van der Waals surface area contributed by atoms with Gasteiger partial charge in [-0.15, -0.1) is 0 Å². The number of rotatable bonds is 4. The predicted molar refractivity (Wildman–Crippen MR) is 67.4 cm³/mol. The van der Waals surface area contributed by atoms with Gasteiger partial charge in [0.1, 0.15) is 0 Å². The molecule has 82 valence electrons. The number of nitrogens with one attached hydrogen (secondary N) is 1. The summed E-state index contributed by atoms with van der Waals surface area (Å²) in [5, 5.41) is 3.38. The van der Waals surface area contributed by atoms with Crippen molar-refractivity contribution in [1.29, 1.82) is 0 Å². The van der Waals surface area contributed by atoms with Crippen LogP contribution in [-0.2, 0) is 0 Å². The van der Waals surface area contributed by atoms with Gasteiger partial charge in [0.2, 0.25) is 0 Å². The minimum atomic E-state index is 1.03. The summed E-state index contributed by atoms with van der Waals surface area (Å²) in [5.74, 6) is 0. The Labute approximate surface area is 93.3 Å². The molecule has 1 heteroatoms. The lowest BCUT2D eigenvalue weighted by molar-refractivity contribution is 0.744. The topological polar surface area (TPSA) is 12.0 Å². The molecule has 0 aromatic carbocycles. The maximum atomic E-state index is 3.99. The predicted octanol–water partition coefficient (Wildman–Crippen LogP) is 4.07. The van der Waals surface area contributed by atoms with Crippen LogP contribution in [0.2, 0.25) is 0 Å². The Bertz CT molecular complexity index is 318. The molecule has 0 fully saturated rings. The normalized spacial score (nSPS) is 17.7.